The van der Waals surface area contributed by atoms with Crippen LogP contribution in [0.15, 0.2) is 12.1 Å². The Hall–Kier alpha value is -1.32. The van der Waals surface area contributed by atoms with Crippen molar-refractivity contribution in [3.8, 4) is 0 Å². The summed E-state index contributed by atoms with van der Waals surface area (Å²) in [5.41, 5.74) is 6.17. The first-order valence-corrected chi connectivity index (χ1v) is 5.61. The summed E-state index contributed by atoms with van der Waals surface area (Å²) in [6.45, 7) is 3.77. The summed E-state index contributed by atoms with van der Waals surface area (Å²) in [5.74, 6) is -0.564. The van der Waals surface area contributed by atoms with Crippen molar-refractivity contribution in [2.45, 2.75) is 19.8 Å². The molecule has 0 bridgehead atoms. The van der Waals surface area contributed by atoms with Crippen molar-refractivity contribution in [1.82, 2.24) is 0 Å². The van der Waals surface area contributed by atoms with E-state index in [1.165, 1.54) is 6.07 Å². The van der Waals surface area contributed by atoms with Gasteiger partial charge in [0.05, 0.1) is 11.4 Å². The summed E-state index contributed by atoms with van der Waals surface area (Å²) in [5, 5.41) is 0. The number of nitrogen functional groups attached to an aromatic ring is 1. The van der Waals surface area contributed by atoms with Gasteiger partial charge in [-0.2, -0.15) is 0 Å². The third kappa shape index (κ3) is 1.96. The molecule has 2 N–H and O–H groups in total. The molecule has 1 aliphatic heterocycles. The first-order chi connectivity index (χ1) is 7.61. The molecule has 2 rings (SSSR count). The van der Waals surface area contributed by atoms with Crippen LogP contribution in [0.3, 0.4) is 0 Å². The molecule has 0 saturated carbocycles. The molecule has 0 aliphatic carbocycles. The number of nitrogens with zero attached hydrogens (tertiary/aromatic N) is 1. The van der Waals surface area contributed by atoms with E-state index < -0.39 is 11.6 Å². The van der Waals surface area contributed by atoms with E-state index in [0.29, 0.717) is 11.6 Å². The van der Waals surface area contributed by atoms with Gasteiger partial charge in [-0.1, -0.05) is 13.3 Å². The second kappa shape index (κ2) is 4.28. The second-order valence-electron chi connectivity index (χ2n) is 4.39. The van der Waals surface area contributed by atoms with Crippen molar-refractivity contribution in [3.05, 3.63) is 23.8 Å². The molecule has 0 unspecified atom stereocenters. The zero-order valence-electron chi connectivity index (χ0n) is 9.34. The first kappa shape index (κ1) is 11.2. The van der Waals surface area contributed by atoms with Gasteiger partial charge in [-0.3, -0.25) is 0 Å². The molecule has 0 radical (unpaired) electrons. The maximum absolute atomic E-state index is 13.5. The average molecular weight is 226 g/mol. The molecule has 1 aromatic rings. The molecular formula is C12H16F2N2. The number of rotatable bonds is 3. The van der Waals surface area contributed by atoms with E-state index in [0.717, 1.165) is 32.0 Å². The van der Waals surface area contributed by atoms with E-state index in [1.54, 1.807) is 0 Å². The Balaban J connectivity index is 2.11. The van der Waals surface area contributed by atoms with Crippen LogP contribution in [0.4, 0.5) is 20.2 Å². The summed E-state index contributed by atoms with van der Waals surface area (Å²) in [6, 6.07) is 2.06. The van der Waals surface area contributed by atoms with Crippen molar-refractivity contribution < 1.29 is 8.78 Å². The molecule has 0 aromatic heterocycles. The highest BCUT2D eigenvalue weighted by Crippen LogP contribution is 2.34. The normalized spacial score (nSPS) is 16.3. The number of hydrogen-bond donors (Lipinski definition) is 1. The molecule has 16 heavy (non-hydrogen) atoms. The van der Waals surface area contributed by atoms with E-state index >= 15 is 0 Å². The Labute approximate surface area is 94.0 Å². The fraction of sp³-hybridized carbons (Fsp3) is 0.500. The van der Waals surface area contributed by atoms with Crippen molar-refractivity contribution in [2.24, 2.45) is 5.92 Å². The largest absolute Gasteiger partial charge is 0.397 e. The Bertz CT molecular complexity index is 364. The lowest BCUT2D eigenvalue weighted by Crippen LogP contribution is -2.47. The van der Waals surface area contributed by atoms with Crippen LogP contribution in [-0.4, -0.2) is 13.1 Å². The highest BCUT2D eigenvalue weighted by Gasteiger charge is 2.29. The average Bonchev–Trinajstić information content (AvgIpc) is 2.12. The monoisotopic (exact) mass is 226 g/mol. The van der Waals surface area contributed by atoms with Crippen LogP contribution >= 0.6 is 0 Å². The molecule has 0 amide bonds. The van der Waals surface area contributed by atoms with Crippen LogP contribution in [0.1, 0.15) is 19.8 Å². The number of nitrogens with two attached hydrogens (primary N) is 1. The molecule has 2 nitrogen and oxygen atoms in total. The minimum Gasteiger partial charge on any atom is -0.397 e. The lowest BCUT2D eigenvalue weighted by atomic mass is 9.94. The van der Waals surface area contributed by atoms with Gasteiger partial charge >= 0.3 is 0 Å². The first-order valence-electron chi connectivity index (χ1n) is 5.61. The summed E-state index contributed by atoms with van der Waals surface area (Å²) >= 11 is 0. The van der Waals surface area contributed by atoms with Gasteiger partial charge in [-0.05, 0) is 18.4 Å². The zero-order valence-corrected chi connectivity index (χ0v) is 9.34. The zero-order chi connectivity index (χ0) is 11.7. The summed E-state index contributed by atoms with van der Waals surface area (Å²) < 4.78 is 26.4. The fourth-order valence-electron chi connectivity index (χ4n) is 2.26. The molecule has 1 fully saturated rings. The Morgan fingerprint density at radius 2 is 2.06 bits per heavy atom. The highest BCUT2D eigenvalue weighted by molar-refractivity contribution is 5.69. The minimum absolute atomic E-state index is 0.187. The fourth-order valence-corrected chi connectivity index (χ4v) is 2.26. The quantitative estimate of drug-likeness (QED) is 0.803. The maximum Gasteiger partial charge on any atom is 0.151 e. The van der Waals surface area contributed by atoms with E-state index in [1.807, 2.05) is 4.90 Å². The predicted octanol–water partition coefficient (Wildman–Crippen LogP) is 2.78. The summed E-state index contributed by atoms with van der Waals surface area (Å²) in [6.07, 6.45) is 2.29. The number of halogens is 2. The Morgan fingerprint density at radius 1 is 1.38 bits per heavy atom. The number of benzene rings is 1. The topological polar surface area (TPSA) is 29.3 Å². The maximum atomic E-state index is 13.5. The third-order valence-corrected chi connectivity index (χ3v) is 3.03. The van der Waals surface area contributed by atoms with E-state index in [9.17, 15) is 8.78 Å². The number of hydrogen-bond acceptors (Lipinski definition) is 2. The van der Waals surface area contributed by atoms with E-state index in [4.69, 9.17) is 5.73 Å². The lowest BCUT2D eigenvalue weighted by molar-refractivity contribution is 0.376. The van der Waals surface area contributed by atoms with Crippen LogP contribution < -0.4 is 10.6 Å². The molecule has 0 spiro atoms. The van der Waals surface area contributed by atoms with Crippen LogP contribution in [0.2, 0.25) is 0 Å². The predicted molar refractivity (Wildman–Crippen MR) is 61.4 cm³/mol. The Kier molecular flexibility index (Phi) is 2.99. The molecule has 1 aliphatic rings. The van der Waals surface area contributed by atoms with Gasteiger partial charge in [0.25, 0.3) is 0 Å². The molecule has 1 saturated heterocycles. The SMILES string of the molecule is CCCC1CN(c2c(N)cc(F)cc2F)C1. The second-order valence-corrected chi connectivity index (χ2v) is 4.39. The van der Waals surface area contributed by atoms with Crippen LogP contribution in [0.5, 0.6) is 0 Å². The standard InChI is InChI=1S/C12H16F2N2/c1-2-3-8-6-16(7-8)12-10(14)4-9(13)5-11(12)15/h4-5,8H,2-3,6-7,15H2,1H3. The van der Waals surface area contributed by atoms with Gasteiger partial charge in [0, 0.05) is 19.2 Å². The van der Waals surface area contributed by atoms with Crippen molar-refractivity contribution >= 4 is 11.4 Å². The van der Waals surface area contributed by atoms with Gasteiger partial charge in [-0.25, -0.2) is 8.78 Å². The van der Waals surface area contributed by atoms with Crippen molar-refractivity contribution in [3.63, 3.8) is 0 Å². The summed E-state index contributed by atoms with van der Waals surface area (Å²) in [7, 11) is 0. The van der Waals surface area contributed by atoms with Crippen LogP contribution in [0, 0.1) is 17.6 Å². The molecule has 4 heteroatoms. The van der Waals surface area contributed by atoms with Gasteiger partial charge < -0.3 is 10.6 Å². The summed E-state index contributed by atoms with van der Waals surface area (Å²) in [4.78, 5) is 1.88. The highest BCUT2D eigenvalue weighted by atomic mass is 19.1. The molecule has 88 valence electrons. The van der Waals surface area contributed by atoms with E-state index in [-0.39, 0.29) is 5.69 Å². The van der Waals surface area contributed by atoms with Crippen molar-refractivity contribution in [2.75, 3.05) is 23.7 Å². The van der Waals surface area contributed by atoms with Gasteiger partial charge in [0.2, 0.25) is 0 Å². The third-order valence-electron chi connectivity index (χ3n) is 3.03. The smallest absolute Gasteiger partial charge is 0.151 e. The van der Waals surface area contributed by atoms with Crippen LogP contribution in [-0.2, 0) is 0 Å². The molecular weight excluding hydrogens is 210 g/mol. The molecule has 0 atom stereocenters. The van der Waals surface area contributed by atoms with Gasteiger partial charge in [0.15, 0.2) is 5.82 Å². The minimum atomic E-state index is -0.621. The molecule has 1 heterocycles. The van der Waals surface area contributed by atoms with Crippen LogP contribution in [0.25, 0.3) is 0 Å². The van der Waals surface area contributed by atoms with Crippen molar-refractivity contribution in [1.29, 1.82) is 0 Å². The van der Waals surface area contributed by atoms with E-state index in [2.05, 4.69) is 6.92 Å². The lowest BCUT2D eigenvalue weighted by Gasteiger charge is -2.41. The van der Waals surface area contributed by atoms with Gasteiger partial charge in [-0.15, -0.1) is 0 Å². The Morgan fingerprint density at radius 3 is 2.62 bits per heavy atom. The number of anilines is 2. The van der Waals surface area contributed by atoms with Gasteiger partial charge in [0.1, 0.15) is 5.82 Å². The molecule has 1 aromatic carbocycles.